The number of halogens is 1. The van der Waals surface area contributed by atoms with E-state index >= 15 is 0 Å². The number of rotatable bonds is 6. The largest absolute Gasteiger partial charge is 0.388 e. The number of benzene rings is 1. The van der Waals surface area contributed by atoms with Gasteiger partial charge < -0.3 is 15.3 Å². The first-order valence-corrected chi connectivity index (χ1v) is 10.1. The summed E-state index contributed by atoms with van der Waals surface area (Å²) in [6.07, 6.45) is 3.18. The lowest BCUT2D eigenvalue weighted by Gasteiger charge is -2.44. The molecular weight excluding hydrogens is 360 g/mol. The summed E-state index contributed by atoms with van der Waals surface area (Å²) in [5.41, 5.74) is 1.42. The van der Waals surface area contributed by atoms with Crippen LogP contribution in [0.3, 0.4) is 0 Å². The van der Waals surface area contributed by atoms with Crippen molar-refractivity contribution in [3.05, 3.63) is 41.3 Å². The van der Waals surface area contributed by atoms with Crippen LogP contribution >= 0.6 is 11.6 Å². The first-order valence-electron chi connectivity index (χ1n) is 9.71. The molecule has 0 saturated carbocycles. The Bertz CT molecular complexity index is 806. The molecule has 3 N–H and O–H groups in total. The van der Waals surface area contributed by atoms with Crippen LogP contribution in [0.1, 0.15) is 52.2 Å². The van der Waals surface area contributed by atoms with Crippen molar-refractivity contribution in [3.63, 3.8) is 0 Å². The number of aromatic amines is 1. The Morgan fingerprint density at radius 3 is 2.67 bits per heavy atom. The van der Waals surface area contributed by atoms with E-state index in [2.05, 4.69) is 54.7 Å². The van der Waals surface area contributed by atoms with E-state index in [1.807, 2.05) is 12.1 Å². The minimum atomic E-state index is -0.618. The summed E-state index contributed by atoms with van der Waals surface area (Å²) in [6, 6.07) is 4.11. The van der Waals surface area contributed by atoms with E-state index in [1.165, 1.54) is 0 Å². The van der Waals surface area contributed by atoms with Crippen LogP contribution in [0.5, 0.6) is 0 Å². The number of nitrogens with one attached hydrogen (secondary N) is 2. The van der Waals surface area contributed by atoms with Crippen LogP contribution in [0.2, 0.25) is 5.02 Å². The maximum Gasteiger partial charge on any atom is 0.0940 e. The second kappa shape index (κ2) is 7.72. The smallest absolute Gasteiger partial charge is 0.0940 e. The second-order valence-electron chi connectivity index (χ2n) is 8.56. The van der Waals surface area contributed by atoms with Crippen LogP contribution in [-0.2, 0) is 0 Å². The summed E-state index contributed by atoms with van der Waals surface area (Å²) in [5.74, 6) is 1.41. The molecule has 1 aromatic carbocycles. The van der Waals surface area contributed by atoms with Gasteiger partial charge in [0.15, 0.2) is 0 Å². The number of fused-ring (bicyclic) bond motifs is 1. The van der Waals surface area contributed by atoms with Gasteiger partial charge in [0.25, 0.3) is 0 Å². The summed E-state index contributed by atoms with van der Waals surface area (Å²) in [7, 11) is 0. The fraction of sp³-hybridized carbons (Fsp3) is 0.571. The Balaban J connectivity index is 1.74. The lowest BCUT2D eigenvalue weighted by atomic mass is 9.68. The second-order valence-corrected chi connectivity index (χ2v) is 9.00. The van der Waals surface area contributed by atoms with Crippen molar-refractivity contribution in [1.29, 1.82) is 0 Å². The molecule has 0 amide bonds. The van der Waals surface area contributed by atoms with Gasteiger partial charge in [-0.3, -0.25) is 5.10 Å². The Hall–Kier alpha value is -1.72. The number of H-pyrrole nitrogens is 1. The number of aliphatic hydroxyl groups is 1. The summed E-state index contributed by atoms with van der Waals surface area (Å²) < 4.78 is 0. The molecule has 1 aromatic heterocycles. The predicted octanol–water partition coefficient (Wildman–Crippen LogP) is 4.46. The average molecular weight is 391 g/mol. The first-order chi connectivity index (χ1) is 12.7. The molecule has 1 saturated heterocycles. The summed E-state index contributed by atoms with van der Waals surface area (Å²) >= 11 is 6.28. The zero-order chi connectivity index (χ0) is 19.8. The lowest BCUT2D eigenvalue weighted by molar-refractivity contribution is -0.0157. The molecule has 1 aliphatic heterocycles. The highest BCUT2D eigenvalue weighted by Crippen LogP contribution is 2.46. The normalized spacial score (nSPS) is 17.5. The molecule has 1 aliphatic rings. The van der Waals surface area contributed by atoms with Crippen molar-refractivity contribution < 1.29 is 5.11 Å². The minimum absolute atomic E-state index is 0.276. The number of aliphatic hydroxyl groups excluding tert-OH is 1. The van der Waals surface area contributed by atoms with Crippen LogP contribution in [0.15, 0.2) is 30.7 Å². The van der Waals surface area contributed by atoms with Crippen molar-refractivity contribution in [2.24, 2.45) is 11.3 Å². The third kappa shape index (κ3) is 4.09. The number of nitrogens with zero attached hydrogens (tertiary/aromatic N) is 2. The van der Waals surface area contributed by atoms with Gasteiger partial charge in [0.1, 0.15) is 0 Å². The minimum Gasteiger partial charge on any atom is -0.388 e. The van der Waals surface area contributed by atoms with Crippen molar-refractivity contribution in [1.82, 2.24) is 20.4 Å². The zero-order valence-electron chi connectivity index (χ0n) is 16.7. The molecule has 6 heteroatoms. The van der Waals surface area contributed by atoms with Gasteiger partial charge in [-0.25, -0.2) is 0 Å². The fourth-order valence-corrected chi connectivity index (χ4v) is 4.44. The van der Waals surface area contributed by atoms with Gasteiger partial charge in [-0.15, -0.1) is 0 Å². The van der Waals surface area contributed by atoms with Crippen LogP contribution in [0.4, 0.5) is 0 Å². The molecule has 0 spiro atoms. The molecule has 2 heterocycles. The van der Waals surface area contributed by atoms with E-state index in [1.54, 1.807) is 6.20 Å². The Kier molecular flexibility index (Phi) is 5.73. The van der Waals surface area contributed by atoms with Crippen molar-refractivity contribution in [3.8, 4) is 0 Å². The number of hydrogen-bond acceptors (Lipinski definition) is 4. The number of hydrogen-bond donors (Lipinski definition) is 3. The summed E-state index contributed by atoms with van der Waals surface area (Å²) in [6.45, 7) is 14.6. The molecule has 0 aliphatic carbocycles. The molecule has 5 nitrogen and oxygen atoms in total. The van der Waals surface area contributed by atoms with E-state index in [9.17, 15) is 5.11 Å². The van der Waals surface area contributed by atoms with E-state index in [0.717, 1.165) is 48.2 Å². The van der Waals surface area contributed by atoms with Crippen molar-refractivity contribution in [2.75, 3.05) is 13.1 Å². The van der Waals surface area contributed by atoms with Gasteiger partial charge >= 0.3 is 0 Å². The maximum absolute atomic E-state index is 11.3. The molecule has 1 fully saturated rings. The zero-order valence-corrected chi connectivity index (χ0v) is 17.5. The maximum atomic E-state index is 11.3. The van der Waals surface area contributed by atoms with Crippen LogP contribution in [0.25, 0.3) is 10.9 Å². The molecule has 27 heavy (non-hydrogen) atoms. The Morgan fingerprint density at radius 2 is 2.04 bits per heavy atom. The summed E-state index contributed by atoms with van der Waals surface area (Å²) in [4.78, 5) is 2.31. The number of likely N-dealkylation sites (tertiary alicyclic amines) is 1. The first kappa shape index (κ1) is 20.0. The Labute approximate surface area is 166 Å². The summed E-state index contributed by atoms with van der Waals surface area (Å²) in [5, 5.41) is 23.4. The molecule has 0 bridgehead atoms. The third-order valence-electron chi connectivity index (χ3n) is 5.93. The standard InChI is InChI=1S/C21H31ClN4O/c1-13(2)24-14(3)26-8-6-16(7-9-26)21(4,5)20(27)18-11-17(22)10-15-12-23-25-19(15)18/h10-13,16,20,24,27H,3,6-9H2,1-2,4-5H3,(H,23,25). The van der Waals surface area contributed by atoms with Crippen LogP contribution < -0.4 is 5.32 Å². The van der Waals surface area contributed by atoms with E-state index in [4.69, 9.17) is 11.6 Å². The van der Waals surface area contributed by atoms with Crippen molar-refractivity contribution in [2.45, 2.75) is 52.7 Å². The van der Waals surface area contributed by atoms with Gasteiger partial charge in [-0.05, 0) is 50.2 Å². The van der Waals surface area contributed by atoms with Gasteiger partial charge in [0.2, 0.25) is 0 Å². The fourth-order valence-electron chi connectivity index (χ4n) is 4.20. The highest BCUT2D eigenvalue weighted by molar-refractivity contribution is 6.31. The van der Waals surface area contributed by atoms with Crippen LogP contribution in [0, 0.1) is 11.3 Å². The number of aromatic nitrogens is 2. The lowest BCUT2D eigenvalue weighted by Crippen LogP contribution is -2.43. The van der Waals surface area contributed by atoms with Gasteiger partial charge in [-0.2, -0.15) is 5.10 Å². The van der Waals surface area contributed by atoms with Crippen LogP contribution in [-0.4, -0.2) is 39.3 Å². The highest BCUT2D eigenvalue weighted by Gasteiger charge is 2.40. The molecule has 2 aromatic rings. The average Bonchev–Trinajstić information content (AvgIpc) is 3.08. The molecule has 3 rings (SSSR count). The quantitative estimate of drug-likeness (QED) is 0.681. The molecule has 0 radical (unpaired) electrons. The Morgan fingerprint density at radius 1 is 1.37 bits per heavy atom. The van der Waals surface area contributed by atoms with Gasteiger partial charge in [0, 0.05) is 35.1 Å². The molecule has 1 atom stereocenters. The van der Waals surface area contributed by atoms with E-state index in [0.29, 0.717) is 17.0 Å². The van der Waals surface area contributed by atoms with Crippen molar-refractivity contribution >= 4 is 22.5 Å². The predicted molar refractivity (Wildman–Crippen MR) is 112 cm³/mol. The molecule has 148 valence electrons. The van der Waals surface area contributed by atoms with Gasteiger partial charge in [0.05, 0.1) is 23.6 Å². The highest BCUT2D eigenvalue weighted by atomic mass is 35.5. The SMILES string of the molecule is C=C(NC(C)C)N1CCC(C(C)(C)C(O)c2cc(Cl)cc3cn[nH]c23)CC1. The van der Waals surface area contributed by atoms with Gasteiger partial charge in [-0.1, -0.05) is 32.0 Å². The monoisotopic (exact) mass is 390 g/mol. The number of piperidine rings is 1. The molecule has 1 unspecified atom stereocenters. The van der Waals surface area contributed by atoms with E-state index in [-0.39, 0.29) is 5.41 Å². The topological polar surface area (TPSA) is 64.2 Å². The molecular formula is C21H31ClN4O. The van der Waals surface area contributed by atoms with E-state index < -0.39 is 6.10 Å². The third-order valence-corrected chi connectivity index (χ3v) is 6.15.